The Bertz CT molecular complexity index is 78.0. The number of nitrogens with one attached hydrogen (secondary N) is 1. The lowest BCUT2D eigenvalue weighted by molar-refractivity contribution is 0.391. The van der Waals surface area contributed by atoms with E-state index < -0.39 is 0 Å². The Hall–Kier alpha value is 0.180. The van der Waals surface area contributed by atoms with Gasteiger partial charge in [0.15, 0.2) is 0 Å². The molecule has 3 heteroatoms. The lowest BCUT2D eigenvalue weighted by Gasteiger charge is -2.18. The van der Waals surface area contributed by atoms with E-state index in [4.69, 9.17) is 11.6 Å². The Kier molecular flexibility index (Phi) is 6.03. The average molecular weight is 168 g/mol. The molecule has 0 aliphatic rings. The topological polar surface area (TPSA) is 12.0 Å². The molecule has 0 radical (unpaired) electrons. The normalized spacial score (nSPS) is 14.1. The van der Waals surface area contributed by atoms with Crippen LogP contribution in [-0.2, 0) is 0 Å². The molecule has 0 amide bonds. The van der Waals surface area contributed by atoms with Crippen molar-refractivity contribution < 1.29 is 4.39 Å². The molecule has 62 valence electrons. The molecule has 0 aliphatic heterocycles. The van der Waals surface area contributed by atoms with Crippen LogP contribution in [-0.4, -0.2) is 25.1 Å². The molecular formula is C7H15ClFN. The highest BCUT2D eigenvalue weighted by molar-refractivity contribution is 6.18. The van der Waals surface area contributed by atoms with Crippen LogP contribution in [0.3, 0.4) is 0 Å². The summed E-state index contributed by atoms with van der Waals surface area (Å²) >= 11 is 5.61. The van der Waals surface area contributed by atoms with Gasteiger partial charge in [-0.3, -0.25) is 0 Å². The molecule has 0 fully saturated rings. The fourth-order valence-corrected chi connectivity index (χ4v) is 1.17. The second kappa shape index (κ2) is 5.93. The lowest BCUT2D eigenvalue weighted by atomic mass is 10.1. The van der Waals surface area contributed by atoms with Crippen molar-refractivity contribution in [3.63, 3.8) is 0 Å². The van der Waals surface area contributed by atoms with E-state index in [1.54, 1.807) is 0 Å². The number of hydrogen-bond acceptors (Lipinski definition) is 1. The van der Waals surface area contributed by atoms with E-state index >= 15 is 0 Å². The van der Waals surface area contributed by atoms with E-state index in [0.29, 0.717) is 18.3 Å². The maximum atomic E-state index is 11.6. The van der Waals surface area contributed by atoms with Crippen molar-refractivity contribution >= 4 is 11.6 Å². The van der Waals surface area contributed by atoms with E-state index in [2.05, 4.69) is 19.2 Å². The Morgan fingerprint density at radius 3 is 2.40 bits per heavy atom. The molecule has 1 nitrogen and oxygen atoms in total. The first-order valence-electron chi connectivity index (χ1n) is 3.57. The zero-order chi connectivity index (χ0) is 7.98. The molecule has 1 N–H and O–H groups in total. The van der Waals surface area contributed by atoms with Gasteiger partial charge in [-0.05, 0) is 5.92 Å². The van der Waals surface area contributed by atoms with Gasteiger partial charge in [-0.2, -0.15) is 0 Å². The van der Waals surface area contributed by atoms with Crippen LogP contribution in [0, 0.1) is 5.92 Å². The summed E-state index contributed by atoms with van der Waals surface area (Å²) in [5, 5.41) is 3.01. The number of alkyl halides is 2. The molecule has 1 atom stereocenters. The molecule has 0 heterocycles. The van der Waals surface area contributed by atoms with Crippen LogP contribution in [0.1, 0.15) is 13.8 Å². The van der Waals surface area contributed by atoms with Gasteiger partial charge in [0.1, 0.15) is 6.67 Å². The molecule has 10 heavy (non-hydrogen) atoms. The highest BCUT2D eigenvalue weighted by Gasteiger charge is 2.09. The van der Waals surface area contributed by atoms with Crippen LogP contribution in [0.2, 0.25) is 0 Å². The van der Waals surface area contributed by atoms with Crippen molar-refractivity contribution in [1.82, 2.24) is 5.32 Å². The van der Waals surface area contributed by atoms with Gasteiger partial charge in [0.25, 0.3) is 0 Å². The third-order valence-corrected chi connectivity index (χ3v) is 1.80. The van der Waals surface area contributed by atoms with Gasteiger partial charge < -0.3 is 5.32 Å². The summed E-state index contributed by atoms with van der Waals surface area (Å²) in [4.78, 5) is 0. The zero-order valence-corrected chi connectivity index (χ0v) is 7.29. The van der Waals surface area contributed by atoms with Gasteiger partial charge in [0, 0.05) is 18.5 Å². The van der Waals surface area contributed by atoms with E-state index in [1.165, 1.54) is 0 Å². The van der Waals surface area contributed by atoms with E-state index in [0.717, 1.165) is 0 Å². The molecule has 1 unspecified atom stereocenters. The molecule has 0 aromatic rings. The standard InChI is InChI=1S/C7H15ClFN/c1-6(2)7(5-8)10-4-3-9/h6-7,10H,3-5H2,1-2H3. The van der Waals surface area contributed by atoms with Crippen LogP contribution in [0.25, 0.3) is 0 Å². The maximum Gasteiger partial charge on any atom is 0.102 e. The van der Waals surface area contributed by atoms with Crippen LogP contribution in [0.5, 0.6) is 0 Å². The minimum absolute atomic E-state index is 0.248. The van der Waals surface area contributed by atoms with E-state index in [-0.39, 0.29) is 12.7 Å². The predicted molar refractivity (Wildman–Crippen MR) is 43.3 cm³/mol. The minimum atomic E-state index is -0.319. The van der Waals surface area contributed by atoms with Crippen LogP contribution >= 0.6 is 11.6 Å². The molecule has 0 aromatic carbocycles. The SMILES string of the molecule is CC(C)C(CCl)NCCF. The Balaban J connectivity index is 3.40. The highest BCUT2D eigenvalue weighted by atomic mass is 35.5. The molecule has 0 spiro atoms. The highest BCUT2D eigenvalue weighted by Crippen LogP contribution is 2.02. The van der Waals surface area contributed by atoms with E-state index in [9.17, 15) is 4.39 Å². The van der Waals surface area contributed by atoms with Gasteiger partial charge in [0.05, 0.1) is 0 Å². The van der Waals surface area contributed by atoms with Crippen molar-refractivity contribution in [1.29, 1.82) is 0 Å². The van der Waals surface area contributed by atoms with E-state index in [1.807, 2.05) is 0 Å². The van der Waals surface area contributed by atoms with Gasteiger partial charge in [-0.15, -0.1) is 11.6 Å². The summed E-state index contributed by atoms with van der Waals surface area (Å²) < 4.78 is 11.6. The summed E-state index contributed by atoms with van der Waals surface area (Å²) in [7, 11) is 0. The van der Waals surface area contributed by atoms with Crippen molar-refractivity contribution in [2.45, 2.75) is 19.9 Å². The number of halogens is 2. The van der Waals surface area contributed by atoms with Crippen molar-refractivity contribution in [2.75, 3.05) is 19.1 Å². The van der Waals surface area contributed by atoms with Gasteiger partial charge in [-0.1, -0.05) is 13.8 Å². The number of rotatable bonds is 5. The Morgan fingerprint density at radius 2 is 2.10 bits per heavy atom. The zero-order valence-electron chi connectivity index (χ0n) is 6.53. The fraction of sp³-hybridized carbons (Fsp3) is 1.00. The average Bonchev–Trinajstić information content (AvgIpc) is 1.89. The molecule has 0 bridgehead atoms. The summed E-state index contributed by atoms with van der Waals surface area (Å²) in [6.07, 6.45) is 0. The molecule has 0 aromatic heterocycles. The third kappa shape index (κ3) is 4.07. The third-order valence-electron chi connectivity index (χ3n) is 1.47. The first-order valence-corrected chi connectivity index (χ1v) is 4.11. The van der Waals surface area contributed by atoms with Crippen molar-refractivity contribution in [2.24, 2.45) is 5.92 Å². The van der Waals surface area contributed by atoms with Gasteiger partial charge in [0.2, 0.25) is 0 Å². The Morgan fingerprint density at radius 1 is 1.50 bits per heavy atom. The molecule has 0 saturated carbocycles. The van der Waals surface area contributed by atoms with Crippen LogP contribution < -0.4 is 5.32 Å². The van der Waals surface area contributed by atoms with Crippen molar-refractivity contribution in [3.8, 4) is 0 Å². The molecular weight excluding hydrogens is 153 g/mol. The summed E-state index contributed by atoms with van der Waals surface area (Å²) in [5.41, 5.74) is 0. The summed E-state index contributed by atoms with van der Waals surface area (Å²) in [6.45, 7) is 4.23. The quantitative estimate of drug-likeness (QED) is 0.616. The van der Waals surface area contributed by atoms with Crippen molar-refractivity contribution in [3.05, 3.63) is 0 Å². The molecule has 0 aliphatic carbocycles. The first-order chi connectivity index (χ1) is 4.72. The fourth-order valence-electron chi connectivity index (χ4n) is 0.708. The second-order valence-electron chi connectivity index (χ2n) is 2.65. The first kappa shape index (κ1) is 10.2. The van der Waals surface area contributed by atoms with Gasteiger partial charge in [-0.25, -0.2) is 4.39 Å². The summed E-state index contributed by atoms with van der Waals surface area (Å²) in [6, 6.07) is 0.248. The minimum Gasteiger partial charge on any atom is -0.310 e. The number of hydrogen-bond donors (Lipinski definition) is 1. The second-order valence-corrected chi connectivity index (χ2v) is 2.96. The predicted octanol–water partition coefficient (Wildman–Crippen LogP) is 1.81. The van der Waals surface area contributed by atoms with Crippen LogP contribution in [0.15, 0.2) is 0 Å². The Labute approximate surface area is 66.9 Å². The summed E-state index contributed by atoms with van der Waals surface area (Å²) in [5.74, 6) is 1.03. The lowest BCUT2D eigenvalue weighted by Crippen LogP contribution is -2.36. The largest absolute Gasteiger partial charge is 0.310 e. The molecule has 0 rings (SSSR count). The molecule has 0 saturated heterocycles. The smallest absolute Gasteiger partial charge is 0.102 e. The monoisotopic (exact) mass is 167 g/mol. The maximum absolute atomic E-state index is 11.6. The van der Waals surface area contributed by atoms with Gasteiger partial charge >= 0.3 is 0 Å². The van der Waals surface area contributed by atoms with Crippen LogP contribution in [0.4, 0.5) is 4.39 Å².